The van der Waals surface area contributed by atoms with Gasteiger partial charge in [-0.2, -0.15) is 8.78 Å². The molecule has 1 heterocycles. The topological polar surface area (TPSA) is 62.5 Å². The highest BCUT2D eigenvalue weighted by molar-refractivity contribution is 5.92. The number of nitrogens with zero attached hydrogens (tertiary/aromatic N) is 4. The van der Waals surface area contributed by atoms with Crippen molar-refractivity contribution in [1.29, 1.82) is 0 Å². The number of carbonyl (C=O) groups excluding carboxylic acids is 1. The number of alkyl halides is 2. The molecule has 0 aliphatic carbocycles. The molecule has 2 aromatic carbocycles. The zero-order valence-corrected chi connectivity index (χ0v) is 17.9. The van der Waals surface area contributed by atoms with Crippen LogP contribution in [-0.4, -0.2) is 34.2 Å². The van der Waals surface area contributed by atoms with Crippen molar-refractivity contribution < 1.29 is 18.0 Å². The summed E-state index contributed by atoms with van der Waals surface area (Å²) in [6, 6.07) is 14.8. The number of halogens is 2. The van der Waals surface area contributed by atoms with Crippen LogP contribution in [0, 0.1) is 6.92 Å². The van der Waals surface area contributed by atoms with Gasteiger partial charge in [0.2, 0.25) is 5.89 Å². The first kappa shape index (κ1) is 22.4. The van der Waals surface area contributed by atoms with Gasteiger partial charge in [0, 0.05) is 24.3 Å². The lowest BCUT2D eigenvalue weighted by molar-refractivity contribution is 0.116. The van der Waals surface area contributed by atoms with E-state index in [1.165, 1.54) is 0 Å². The van der Waals surface area contributed by atoms with Crippen molar-refractivity contribution in [2.45, 2.75) is 40.2 Å². The zero-order valence-electron chi connectivity index (χ0n) is 17.9. The van der Waals surface area contributed by atoms with E-state index in [2.05, 4.69) is 10.2 Å². The summed E-state index contributed by atoms with van der Waals surface area (Å²) >= 11 is 0. The largest absolute Gasteiger partial charge is 0.415 e. The quantitative estimate of drug-likeness (QED) is 0.452. The van der Waals surface area contributed by atoms with Gasteiger partial charge in [0.15, 0.2) is 0 Å². The molecule has 2 amide bonds. The standard InChI is InChI=1S/C23H26F2N4O2/c1-4-14-28(5-2)23(30)29(19-9-7-6-8-16(19)3)15-17-10-12-18(13-11-17)21-26-27-22(31-21)20(24)25/h6-13,20H,4-5,14-15H2,1-3H3. The van der Waals surface area contributed by atoms with E-state index in [4.69, 9.17) is 4.42 Å². The predicted octanol–water partition coefficient (Wildman–Crippen LogP) is 5.84. The van der Waals surface area contributed by atoms with Crippen molar-refractivity contribution in [2.24, 2.45) is 0 Å². The van der Waals surface area contributed by atoms with E-state index in [1.807, 2.05) is 62.1 Å². The Labute approximate surface area is 180 Å². The van der Waals surface area contributed by atoms with Crippen LogP contribution in [0.2, 0.25) is 0 Å². The van der Waals surface area contributed by atoms with E-state index in [9.17, 15) is 13.6 Å². The molecule has 0 unspecified atom stereocenters. The molecule has 6 nitrogen and oxygen atoms in total. The van der Waals surface area contributed by atoms with Crippen LogP contribution in [0.5, 0.6) is 0 Å². The Hall–Kier alpha value is -3.29. The maximum Gasteiger partial charge on any atom is 0.324 e. The van der Waals surface area contributed by atoms with Gasteiger partial charge in [-0.15, -0.1) is 10.2 Å². The van der Waals surface area contributed by atoms with Crippen LogP contribution >= 0.6 is 0 Å². The Morgan fingerprint density at radius 1 is 1.06 bits per heavy atom. The van der Waals surface area contributed by atoms with Crippen LogP contribution in [0.4, 0.5) is 19.3 Å². The van der Waals surface area contributed by atoms with Crippen molar-refractivity contribution >= 4 is 11.7 Å². The molecule has 0 aliphatic heterocycles. The number of hydrogen-bond acceptors (Lipinski definition) is 4. The molecule has 3 rings (SSSR count). The van der Waals surface area contributed by atoms with Gasteiger partial charge in [0.25, 0.3) is 5.89 Å². The Kier molecular flexibility index (Phi) is 7.33. The zero-order chi connectivity index (χ0) is 22.4. The van der Waals surface area contributed by atoms with Crippen LogP contribution < -0.4 is 4.90 Å². The first-order valence-corrected chi connectivity index (χ1v) is 10.3. The summed E-state index contributed by atoms with van der Waals surface area (Å²) in [4.78, 5) is 16.9. The number of benzene rings is 2. The first-order chi connectivity index (χ1) is 14.9. The molecule has 0 bridgehead atoms. The van der Waals surface area contributed by atoms with Gasteiger partial charge >= 0.3 is 12.5 Å². The highest BCUT2D eigenvalue weighted by Gasteiger charge is 2.23. The second-order valence-corrected chi connectivity index (χ2v) is 7.18. The molecule has 1 aromatic heterocycles. The van der Waals surface area contributed by atoms with E-state index < -0.39 is 12.3 Å². The fraction of sp³-hybridized carbons (Fsp3) is 0.348. The summed E-state index contributed by atoms with van der Waals surface area (Å²) in [5.74, 6) is -0.667. The van der Waals surface area contributed by atoms with Crippen LogP contribution in [0.3, 0.4) is 0 Å². The Morgan fingerprint density at radius 3 is 2.35 bits per heavy atom. The van der Waals surface area contributed by atoms with Gasteiger partial charge in [0.05, 0.1) is 6.54 Å². The maximum absolute atomic E-state index is 13.3. The molecule has 0 fully saturated rings. The summed E-state index contributed by atoms with van der Waals surface area (Å²) in [6.45, 7) is 7.67. The van der Waals surface area contributed by atoms with Crippen LogP contribution in [0.25, 0.3) is 11.5 Å². The minimum absolute atomic E-state index is 0.0359. The molecule has 0 spiro atoms. The van der Waals surface area contributed by atoms with E-state index in [-0.39, 0.29) is 11.9 Å². The lowest BCUT2D eigenvalue weighted by Crippen LogP contribution is -2.43. The van der Waals surface area contributed by atoms with Gasteiger partial charge in [0.1, 0.15) is 0 Å². The van der Waals surface area contributed by atoms with E-state index in [0.29, 0.717) is 25.2 Å². The number of carbonyl (C=O) groups is 1. The number of para-hydroxylation sites is 1. The average Bonchev–Trinajstić information content (AvgIpc) is 3.27. The smallest absolute Gasteiger partial charge is 0.324 e. The van der Waals surface area contributed by atoms with E-state index in [0.717, 1.165) is 23.2 Å². The third kappa shape index (κ3) is 5.25. The lowest BCUT2D eigenvalue weighted by atomic mass is 10.1. The van der Waals surface area contributed by atoms with Crippen molar-refractivity contribution in [2.75, 3.05) is 18.0 Å². The van der Waals surface area contributed by atoms with Gasteiger partial charge in [-0.05, 0) is 49.6 Å². The number of aryl methyl sites for hydroxylation is 1. The van der Waals surface area contributed by atoms with Crippen LogP contribution in [-0.2, 0) is 6.54 Å². The fourth-order valence-electron chi connectivity index (χ4n) is 3.33. The minimum atomic E-state index is -2.81. The molecular weight excluding hydrogens is 402 g/mol. The Bertz CT molecular complexity index is 1000. The average molecular weight is 428 g/mol. The lowest BCUT2D eigenvalue weighted by Gasteiger charge is -2.31. The predicted molar refractivity (Wildman–Crippen MR) is 115 cm³/mol. The SMILES string of the molecule is CCCN(CC)C(=O)N(Cc1ccc(-c2nnc(C(F)F)o2)cc1)c1ccccc1C. The van der Waals surface area contributed by atoms with Gasteiger partial charge < -0.3 is 9.32 Å². The molecule has 3 aromatic rings. The van der Waals surface area contributed by atoms with E-state index in [1.54, 1.807) is 17.0 Å². The molecule has 0 saturated heterocycles. The third-order valence-electron chi connectivity index (χ3n) is 4.95. The summed E-state index contributed by atoms with van der Waals surface area (Å²) < 4.78 is 30.4. The molecule has 0 N–H and O–H groups in total. The van der Waals surface area contributed by atoms with Crippen LogP contribution in [0.1, 0.15) is 43.7 Å². The van der Waals surface area contributed by atoms with Crippen molar-refractivity contribution in [1.82, 2.24) is 15.1 Å². The molecular formula is C23H26F2N4O2. The van der Waals surface area contributed by atoms with Crippen LogP contribution in [0.15, 0.2) is 52.9 Å². The van der Waals surface area contributed by atoms with Gasteiger partial charge in [-0.25, -0.2) is 4.79 Å². The molecule has 164 valence electrons. The summed E-state index contributed by atoms with van der Waals surface area (Å²) in [6.07, 6.45) is -1.93. The maximum atomic E-state index is 13.3. The number of amides is 2. The number of urea groups is 1. The third-order valence-corrected chi connectivity index (χ3v) is 4.95. The molecule has 0 saturated carbocycles. The fourth-order valence-corrected chi connectivity index (χ4v) is 3.33. The number of anilines is 1. The highest BCUT2D eigenvalue weighted by Crippen LogP contribution is 2.26. The number of aromatic nitrogens is 2. The van der Waals surface area contributed by atoms with E-state index >= 15 is 0 Å². The Balaban J connectivity index is 1.86. The van der Waals surface area contributed by atoms with Crippen molar-refractivity contribution in [3.63, 3.8) is 0 Å². The Morgan fingerprint density at radius 2 is 1.77 bits per heavy atom. The summed E-state index contributed by atoms with van der Waals surface area (Å²) in [7, 11) is 0. The molecule has 0 aliphatic rings. The summed E-state index contributed by atoms with van der Waals surface area (Å²) in [5, 5.41) is 7.03. The molecule has 0 radical (unpaired) electrons. The normalized spacial score (nSPS) is 11.0. The van der Waals surface area contributed by atoms with Gasteiger partial charge in [-0.3, -0.25) is 4.90 Å². The first-order valence-electron chi connectivity index (χ1n) is 10.3. The monoisotopic (exact) mass is 428 g/mol. The summed E-state index contributed by atoms with van der Waals surface area (Å²) in [5.41, 5.74) is 3.29. The minimum Gasteiger partial charge on any atom is -0.415 e. The number of hydrogen-bond donors (Lipinski definition) is 0. The van der Waals surface area contributed by atoms with Crippen molar-refractivity contribution in [3.05, 3.63) is 65.5 Å². The van der Waals surface area contributed by atoms with Gasteiger partial charge in [-0.1, -0.05) is 37.3 Å². The second-order valence-electron chi connectivity index (χ2n) is 7.18. The molecule has 31 heavy (non-hydrogen) atoms. The number of rotatable bonds is 8. The van der Waals surface area contributed by atoms with Crippen molar-refractivity contribution in [3.8, 4) is 11.5 Å². The highest BCUT2D eigenvalue weighted by atomic mass is 19.3. The second kappa shape index (κ2) is 10.1. The molecule has 8 heteroatoms. The molecule has 0 atom stereocenters.